The zero-order chi connectivity index (χ0) is 18.6. The molecule has 0 fully saturated rings. The molecule has 0 N–H and O–H groups in total. The number of aromatic nitrogens is 1. The summed E-state index contributed by atoms with van der Waals surface area (Å²) in [6, 6.07) is 28.3. The molecular formula is C24H21NO2. The number of benzene rings is 3. The summed E-state index contributed by atoms with van der Waals surface area (Å²) in [6.45, 7) is 0.422. The van der Waals surface area contributed by atoms with Gasteiger partial charge in [-0.15, -0.1) is 0 Å². The molecule has 4 rings (SSSR count). The Morgan fingerprint density at radius 2 is 1.52 bits per heavy atom. The quantitative estimate of drug-likeness (QED) is 0.443. The average Bonchev–Trinajstić information content (AvgIpc) is 3.05. The Hall–Kier alpha value is -3.17. The normalized spacial score (nSPS) is 12.2. The van der Waals surface area contributed by atoms with Crippen LogP contribution in [-0.4, -0.2) is 18.0 Å². The molecule has 3 aromatic carbocycles. The molecule has 1 heterocycles. The van der Waals surface area contributed by atoms with Gasteiger partial charge in [-0.3, -0.25) is 0 Å². The number of hydrogen-bond acceptors (Lipinski definition) is 2. The van der Waals surface area contributed by atoms with Gasteiger partial charge >= 0.3 is 0 Å². The van der Waals surface area contributed by atoms with E-state index in [0.717, 1.165) is 39.6 Å². The van der Waals surface area contributed by atoms with E-state index >= 15 is 0 Å². The number of rotatable bonds is 6. The van der Waals surface area contributed by atoms with Gasteiger partial charge in [0.1, 0.15) is 13.0 Å². The molecule has 4 aromatic rings. The van der Waals surface area contributed by atoms with Crippen LogP contribution in [0.25, 0.3) is 22.2 Å². The maximum Gasteiger partial charge on any atom is 0.131 e. The van der Waals surface area contributed by atoms with E-state index in [1.807, 2.05) is 60.7 Å². The molecule has 0 saturated carbocycles. The van der Waals surface area contributed by atoms with Crippen molar-refractivity contribution in [3.63, 3.8) is 0 Å². The van der Waals surface area contributed by atoms with Gasteiger partial charge in [-0.1, -0.05) is 78.9 Å². The first-order valence-electron chi connectivity index (χ1n) is 9.01. The average molecular weight is 355 g/mol. The number of fused-ring (bicyclic) bond motifs is 1. The third-order valence-electron chi connectivity index (χ3n) is 4.92. The van der Waals surface area contributed by atoms with E-state index in [1.165, 1.54) is 0 Å². The van der Waals surface area contributed by atoms with Crippen LogP contribution in [0.4, 0.5) is 0 Å². The molecule has 0 aliphatic rings. The number of aldehydes is 1. The van der Waals surface area contributed by atoms with Crippen LogP contribution < -0.4 is 0 Å². The molecule has 0 aliphatic heterocycles. The van der Waals surface area contributed by atoms with Crippen molar-refractivity contribution >= 4 is 17.2 Å². The summed E-state index contributed by atoms with van der Waals surface area (Å²) < 4.78 is 7.66. The number of carbonyl (C=O) groups is 1. The second-order valence-corrected chi connectivity index (χ2v) is 6.52. The fourth-order valence-electron chi connectivity index (χ4n) is 3.79. The molecule has 0 bridgehead atoms. The topological polar surface area (TPSA) is 31.2 Å². The van der Waals surface area contributed by atoms with Crippen molar-refractivity contribution in [3.05, 3.63) is 96.1 Å². The fraction of sp³-hybridized carbons (Fsp3) is 0.125. The maximum atomic E-state index is 12.3. The molecule has 3 nitrogen and oxygen atoms in total. The smallest absolute Gasteiger partial charge is 0.131 e. The zero-order valence-electron chi connectivity index (χ0n) is 15.2. The van der Waals surface area contributed by atoms with Crippen molar-refractivity contribution in [1.82, 2.24) is 4.57 Å². The molecule has 1 aromatic heterocycles. The molecule has 0 radical (unpaired) electrons. The van der Waals surface area contributed by atoms with Crippen LogP contribution in [0, 0.1) is 0 Å². The molecule has 0 aliphatic carbocycles. The van der Waals surface area contributed by atoms with Gasteiger partial charge in [-0.2, -0.15) is 0 Å². The van der Waals surface area contributed by atoms with Crippen molar-refractivity contribution in [2.24, 2.45) is 0 Å². The Kier molecular flexibility index (Phi) is 4.86. The predicted molar refractivity (Wildman–Crippen MR) is 109 cm³/mol. The van der Waals surface area contributed by atoms with Crippen molar-refractivity contribution < 1.29 is 9.53 Å². The first-order valence-corrected chi connectivity index (χ1v) is 9.01. The van der Waals surface area contributed by atoms with Gasteiger partial charge in [-0.05, 0) is 17.2 Å². The lowest BCUT2D eigenvalue weighted by Gasteiger charge is -2.16. The summed E-state index contributed by atoms with van der Waals surface area (Å²) in [5.41, 5.74) is 5.18. The Bertz CT molecular complexity index is 1050. The molecule has 1 unspecified atom stereocenters. The monoisotopic (exact) mass is 355 g/mol. The minimum Gasteiger partial charge on any atom is -0.364 e. The van der Waals surface area contributed by atoms with Gasteiger partial charge in [0.2, 0.25) is 0 Å². The van der Waals surface area contributed by atoms with E-state index in [4.69, 9.17) is 4.74 Å². The standard InChI is InChI=1S/C24H21NO2/c1-27-17-25-22-15-9-8-14-20(22)23(24(25)19-12-6-3-7-13-19)21(16-26)18-10-4-2-5-11-18/h2-16,21H,17H2,1H3. The number of ether oxygens (including phenoxy) is 1. The van der Waals surface area contributed by atoms with Gasteiger partial charge in [0.05, 0.1) is 17.1 Å². The lowest BCUT2D eigenvalue weighted by molar-refractivity contribution is -0.108. The Morgan fingerprint density at radius 1 is 0.889 bits per heavy atom. The lowest BCUT2D eigenvalue weighted by atomic mass is 9.88. The van der Waals surface area contributed by atoms with Gasteiger partial charge < -0.3 is 14.1 Å². The fourth-order valence-corrected chi connectivity index (χ4v) is 3.79. The third-order valence-corrected chi connectivity index (χ3v) is 4.92. The molecule has 0 amide bonds. The van der Waals surface area contributed by atoms with Crippen LogP contribution in [0.1, 0.15) is 17.0 Å². The number of nitrogens with zero attached hydrogens (tertiary/aromatic N) is 1. The van der Waals surface area contributed by atoms with Gasteiger partial charge in [0, 0.05) is 18.1 Å². The van der Waals surface area contributed by atoms with Crippen molar-refractivity contribution in [3.8, 4) is 11.3 Å². The number of carbonyl (C=O) groups excluding carboxylic acids is 1. The van der Waals surface area contributed by atoms with Gasteiger partial charge in [-0.25, -0.2) is 0 Å². The van der Waals surface area contributed by atoms with Crippen LogP contribution >= 0.6 is 0 Å². The first kappa shape index (κ1) is 17.3. The van der Waals surface area contributed by atoms with E-state index < -0.39 is 0 Å². The van der Waals surface area contributed by atoms with E-state index in [-0.39, 0.29) is 5.92 Å². The highest BCUT2D eigenvalue weighted by Gasteiger charge is 2.25. The Labute approximate surface area is 158 Å². The summed E-state index contributed by atoms with van der Waals surface area (Å²) in [4.78, 5) is 12.3. The second kappa shape index (κ2) is 7.60. The zero-order valence-corrected chi connectivity index (χ0v) is 15.2. The van der Waals surface area contributed by atoms with Crippen LogP contribution in [0.15, 0.2) is 84.9 Å². The highest BCUT2D eigenvalue weighted by atomic mass is 16.5. The summed E-state index contributed by atoms with van der Waals surface area (Å²) >= 11 is 0. The lowest BCUT2D eigenvalue weighted by Crippen LogP contribution is -2.07. The van der Waals surface area contributed by atoms with Crippen LogP contribution in [0.3, 0.4) is 0 Å². The van der Waals surface area contributed by atoms with Crippen LogP contribution in [-0.2, 0) is 16.3 Å². The molecule has 1 atom stereocenters. The summed E-state index contributed by atoms with van der Waals surface area (Å²) in [6.07, 6.45) is 1.04. The molecule has 134 valence electrons. The van der Waals surface area contributed by atoms with Crippen molar-refractivity contribution in [2.45, 2.75) is 12.6 Å². The van der Waals surface area contributed by atoms with E-state index in [1.54, 1.807) is 7.11 Å². The molecule has 27 heavy (non-hydrogen) atoms. The van der Waals surface area contributed by atoms with E-state index in [9.17, 15) is 4.79 Å². The predicted octanol–water partition coefficient (Wildman–Crippen LogP) is 5.24. The first-order chi connectivity index (χ1) is 13.3. The molecule has 3 heteroatoms. The number of para-hydroxylation sites is 1. The maximum absolute atomic E-state index is 12.3. The van der Waals surface area contributed by atoms with E-state index in [2.05, 4.69) is 28.8 Å². The van der Waals surface area contributed by atoms with Crippen molar-refractivity contribution in [2.75, 3.05) is 7.11 Å². The summed E-state index contributed by atoms with van der Waals surface area (Å²) in [5.74, 6) is -0.343. The van der Waals surface area contributed by atoms with E-state index in [0.29, 0.717) is 6.73 Å². The SMILES string of the molecule is COCn1c(-c2ccccc2)c(C(C=O)c2ccccc2)c2ccccc21. The molecule has 0 spiro atoms. The largest absolute Gasteiger partial charge is 0.364 e. The second-order valence-electron chi connectivity index (χ2n) is 6.52. The molecular weight excluding hydrogens is 334 g/mol. The van der Waals surface area contributed by atoms with Crippen LogP contribution in [0.5, 0.6) is 0 Å². The number of hydrogen-bond donors (Lipinski definition) is 0. The van der Waals surface area contributed by atoms with Gasteiger partial charge in [0.15, 0.2) is 0 Å². The highest BCUT2D eigenvalue weighted by Crippen LogP contribution is 2.40. The minimum absolute atomic E-state index is 0.343. The van der Waals surface area contributed by atoms with Crippen molar-refractivity contribution in [1.29, 1.82) is 0 Å². The highest BCUT2D eigenvalue weighted by molar-refractivity contribution is 5.96. The summed E-state index contributed by atoms with van der Waals surface area (Å²) in [5, 5.41) is 1.08. The Balaban J connectivity index is 2.08. The summed E-state index contributed by atoms with van der Waals surface area (Å²) in [7, 11) is 1.69. The Morgan fingerprint density at radius 3 is 2.19 bits per heavy atom. The van der Waals surface area contributed by atoms with Gasteiger partial charge in [0.25, 0.3) is 0 Å². The minimum atomic E-state index is -0.343. The molecule has 0 saturated heterocycles. The van der Waals surface area contributed by atoms with Crippen LogP contribution in [0.2, 0.25) is 0 Å². The number of methoxy groups -OCH3 is 1. The third kappa shape index (κ3) is 3.07.